The summed E-state index contributed by atoms with van der Waals surface area (Å²) in [5.41, 5.74) is -0.682. The maximum atomic E-state index is 12.5. The van der Waals surface area contributed by atoms with Gasteiger partial charge in [-0.15, -0.1) is 0 Å². The van der Waals surface area contributed by atoms with Crippen LogP contribution in [0.15, 0.2) is 0 Å². The van der Waals surface area contributed by atoms with Crippen LogP contribution in [-0.2, 0) is 4.79 Å². The lowest BCUT2D eigenvalue weighted by Gasteiger charge is -2.48. The van der Waals surface area contributed by atoms with Crippen LogP contribution < -0.4 is 0 Å². The van der Waals surface area contributed by atoms with Crippen LogP contribution in [0.25, 0.3) is 0 Å². The van der Waals surface area contributed by atoms with E-state index in [2.05, 4.69) is 0 Å². The molecule has 0 spiro atoms. The molecule has 2 fully saturated rings. The summed E-state index contributed by atoms with van der Waals surface area (Å²) in [6, 6.07) is -0.0291. The van der Waals surface area contributed by atoms with E-state index in [0.717, 1.165) is 32.2 Å². The van der Waals surface area contributed by atoms with Gasteiger partial charge in [-0.1, -0.05) is 13.3 Å². The smallest absolute Gasteiger partial charge is 0.319 e. The quantitative estimate of drug-likeness (QED) is 0.836. The number of rotatable bonds is 3. The van der Waals surface area contributed by atoms with E-state index in [-0.39, 0.29) is 17.9 Å². The second-order valence-electron chi connectivity index (χ2n) is 6.63. The first-order valence-corrected chi connectivity index (χ1v) is 7.83. The molecule has 2 aliphatic heterocycles. The van der Waals surface area contributed by atoms with E-state index in [1.54, 1.807) is 28.8 Å². The van der Waals surface area contributed by atoms with Gasteiger partial charge < -0.3 is 19.8 Å². The van der Waals surface area contributed by atoms with Crippen molar-refractivity contribution in [3.05, 3.63) is 0 Å². The van der Waals surface area contributed by atoms with Crippen molar-refractivity contribution in [3.63, 3.8) is 0 Å². The van der Waals surface area contributed by atoms with Crippen molar-refractivity contribution in [1.82, 2.24) is 14.7 Å². The van der Waals surface area contributed by atoms with E-state index < -0.39 is 5.60 Å². The highest BCUT2D eigenvalue weighted by atomic mass is 16.3. The number of likely N-dealkylation sites (tertiary alicyclic amines) is 2. The largest absolute Gasteiger partial charge is 0.386 e. The lowest BCUT2D eigenvalue weighted by atomic mass is 9.87. The van der Waals surface area contributed by atoms with Gasteiger partial charge in [0.2, 0.25) is 5.91 Å². The molecule has 1 N–H and O–H groups in total. The van der Waals surface area contributed by atoms with E-state index in [0.29, 0.717) is 19.6 Å². The Morgan fingerprint density at radius 2 is 1.95 bits per heavy atom. The first-order valence-electron chi connectivity index (χ1n) is 7.83. The highest BCUT2D eigenvalue weighted by Crippen LogP contribution is 2.29. The van der Waals surface area contributed by atoms with E-state index in [1.807, 2.05) is 6.92 Å². The SMILES string of the molecule is CCCC1(O)CN(C(=O)C2CCCN(C(=O)N(C)C)C2)C1. The van der Waals surface area contributed by atoms with Gasteiger partial charge in [0.15, 0.2) is 0 Å². The normalized spacial score (nSPS) is 24.5. The molecule has 2 saturated heterocycles. The molecule has 1 unspecified atom stereocenters. The van der Waals surface area contributed by atoms with E-state index in [1.165, 1.54) is 0 Å². The number of hydrogen-bond acceptors (Lipinski definition) is 3. The summed E-state index contributed by atoms with van der Waals surface area (Å²) in [6.45, 7) is 4.14. The first-order chi connectivity index (χ1) is 9.86. The average molecular weight is 297 g/mol. The second-order valence-corrected chi connectivity index (χ2v) is 6.63. The van der Waals surface area contributed by atoms with Gasteiger partial charge in [-0.3, -0.25) is 4.79 Å². The maximum absolute atomic E-state index is 12.5. The third-order valence-electron chi connectivity index (χ3n) is 4.42. The van der Waals surface area contributed by atoms with E-state index >= 15 is 0 Å². The molecule has 0 bridgehead atoms. The zero-order valence-electron chi connectivity index (χ0n) is 13.3. The Hall–Kier alpha value is -1.30. The lowest BCUT2D eigenvalue weighted by Crippen LogP contribution is -2.65. The van der Waals surface area contributed by atoms with Crippen molar-refractivity contribution < 1.29 is 14.7 Å². The number of urea groups is 1. The number of amides is 3. The number of piperidine rings is 1. The van der Waals surface area contributed by atoms with Crippen LogP contribution in [0.4, 0.5) is 4.79 Å². The molecule has 120 valence electrons. The third-order valence-corrected chi connectivity index (χ3v) is 4.42. The predicted molar refractivity (Wildman–Crippen MR) is 79.8 cm³/mol. The molecule has 1 atom stereocenters. The molecule has 0 saturated carbocycles. The van der Waals surface area contributed by atoms with Gasteiger partial charge in [-0.25, -0.2) is 4.79 Å². The second kappa shape index (κ2) is 6.22. The zero-order valence-corrected chi connectivity index (χ0v) is 13.3. The Balaban J connectivity index is 1.88. The van der Waals surface area contributed by atoms with Crippen molar-refractivity contribution in [2.24, 2.45) is 5.92 Å². The third kappa shape index (κ3) is 3.48. The predicted octanol–water partition coefficient (Wildman–Crippen LogP) is 0.753. The van der Waals surface area contributed by atoms with Gasteiger partial charge in [0, 0.05) is 27.2 Å². The molecule has 0 aliphatic carbocycles. The summed E-state index contributed by atoms with van der Waals surface area (Å²) in [5.74, 6) is -0.0270. The average Bonchev–Trinajstić information content (AvgIpc) is 2.43. The Labute approximate surface area is 126 Å². The lowest BCUT2D eigenvalue weighted by molar-refractivity contribution is -0.162. The Morgan fingerprint density at radius 3 is 2.52 bits per heavy atom. The molecular weight excluding hydrogens is 270 g/mol. The van der Waals surface area contributed by atoms with E-state index in [4.69, 9.17) is 0 Å². The molecule has 0 radical (unpaired) electrons. The maximum Gasteiger partial charge on any atom is 0.319 e. The summed E-state index contributed by atoms with van der Waals surface area (Å²) in [7, 11) is 3.46. The summed E-state index contributed by atoms with van der Waals surface area (Å²) in [5, 5.41) is 10.2. The van der Waals surface area contributed by atoms with Crippen molar-refractivity contribution in [1.29, 1.82) is 0 Å². The number of β-amino-alcohol motifs (C(OH)–C–C–N with tert-alkyl or cyclic N) is 1. The van der Waals surface area contributed by atoms with Crippen molar-refractivity contribution in [2.75, 3.05) is 40.3 Å². The van der Waals surface area contributed by atoms with Crippen LogP contribution >= 0.6 is 0 Å². The van der Waals surface area contributed by atoms with Crippen molar-refractivity contribution in [3.8, 4) is 0 Å². The molecule has 2 heterocycles. The molecular formula is C15H27N3O3. The highest BCUT2D eigenvalue weighted by molar-refractivity contribution is 5.81. The van der Waals surface area contributed by atoms with Gasteiger partial charge in [0.05, 0.1) is 24.6 Å². The molecule has 0 aromatic rings. The van der Waals surface area contributed by atoms with Crippen LogP contribution in [0.2, 0.25) is 0 Å². The number of hydrogen-bond donors (Lipinski definition) is 1. The van der Waals surface area contributed by atoms with Gasteiger partial charge >= 0.3 is 6.03 Å². The highest BCUT2D eigenvalue weighted by Gasteiger charge is 2.45. The molecule has 6 heteroatoms. The van der Waals surface area contributed by atoms with Gasteiger partial charge in [-0.05, 0) is 19.3 Å². The molecule has 0 aromatic heterocycles. The Bertz CT molecular complexity index is 405. The van der Waals surface area contributed by atoms with Crippen LogP contribution in [0.1, 0.15) is 32.6 Å². The van der Waals surface area contributed by atoms with Crippen molar-refractivity contribution >= 4 is 11.9 Å². The van der Waals surface area contributed by atoms with Gasteiger partial charge in [0.25, 0.3) is 0 Å². The number of aliphatic hydroxyl groups is 1. The summed E-state index contributed by atoms with van der Waals surface area (Å²) in [6.07, 6.45) is 3.36. The Kier molecular flexibility index (Phi) is 4.76. The zero-order chi connectivity index (χ0) is 15.6. The summed E-state index contributed by atoms with van der Waals surface area (Å²) in [4.78, 5) is 29.5. The molecule has 2 aliphatic rings. The molecule has 0 aromatic carbocycles. The van der Waals surface area contributed by atoms with Crippen LogP contribution in [0, 0.1) is 5.92 Å². The molecule has 21 heavy (non-hydrogen) atoms. The summed E-state index contributed by atoms with van der Waals surface area (Å²) < 4.78 is 0. The number of carbonyl (C=O) groups excluding carboxylic acids is 2. The topological polar surface area (TPSA) is 64.1 Å². The molecule has 6 nitrogen and oxygen atoms in total. The van der Waals surface area contributed by atoms with Crippen molar-refractivity contribution in [2.45, 2.75) is 38.2 Å². The molecule has 2 rings (SSSR count). The van der Waals surface area contributed by atoms with Gasteiger partial charge in [0.1, 0.15) is 0 Å². The fraction of sp³-hybridized carbons (Fsp3) is 0.867. The van der Waals surface area contributed by atoms with Crippen LogP contribution in [-0.4, -0.2) is 77.6 Å². The van der Waals surface area contributed by atoms with Gasteiger partial charge in [-0.2, -0.15) is 0 Å². The van der Waals surface area contributed by atoms with E-state index in [9.17, 15) is 14.7 Å². The number of nitrogens with zero attached hydrogens (tertiary/aromatic N) is 3. The Morgan fingerprint density at radius 1 is 1.29 bits per heavy atom. The fourth-order valence-electron chi connectivity index (χ4n) is 3.34. The summed E-state index contributed by atoms with van der Waals surface area (Å²) >= 11 is 0. The first kappa shape index (κ1) is 16.1. The number of carbonyl (C=O) groups is 2. The van der Waals surface area contributed by atoms with Crippen LogP contribution in [0.3, 0.4) is 0 Å². The minimum absolute atomic E-state index is 0.0291. The molecule has 3 amide bonds. The van der Waals surface area contributed by atoms with Crippen LogP contribution in [0.5, 0.6) is 0 Å². The minimum atomic E-state index is -0.682. The monoisotopic (exact) mass is 297 g/mol. The standard InChI is InChI=1S/C15H27N3O3/c1-4-7-15(21)10-18(11-15)13(19)12-6-5-8-17(9-12)14(20)16(2)3/h12,21H,4-11H2,1-3H3. The fourth-order valence-corrected chi connectivity index (χ4v) is 3.34. The minimum Gasteiger partial charge on any atom is -0.386 e.